The molecule has 120 valence electrons. The summed E-state index contributed by atoms with van der Waals surface area (Å²) < 4.78 is 44.4. The van der Waals surface area contributed by atoms with Crippen LogP contribution in [-0.2, 0) is 19.8 Å². The van der Waals surface area contributed by atoms with Gasteiger partial charge in [0.1, 0.15) is 0 Å². The Kier molecular flexibility index (Phi) is 4.25. The number of hydrogen-bond acceptors (Lipinski definition) is 7. The zero-order valence-corrected chi connectivity index (χ0v) is 14.2. The molecule has 0 radical (unpaired) electrons. The van der Waals surface area contributed by atoms with Gasteiger partial charge in [0.15, 0.2) is 0 Å². The van der Waals surface area contributed by atoms with Crippen molar-refractivity contribution < 1.29 is 17.1 Å². The maximum absolute atomic E-state index is 12.1. The number of aromatic nitrogens is 2. The zero-order chi connectivity index (χ0) is 16.5. The van der Waals surface area contributed by atoms with Crippen LogP contribution < -0.4 is 4.90 Å². The molecule has 8 nitrogen and oxygen atoms in total. The van der Waals surface area contributed by atoms with Crippen molar-refractivity contribution in [1.29, 1.82) is 0 Å². The van der Waals surface area contributed by atoms with Crippen LogP contribution in [0.3, 0.4) is 0 Å². The quantitative estimate of drug-likeness (QED) is 0.821. The van der Waals surface area contributed by atoms with Gasteiger partial charge in [-0.25, -0.2) is 4.21 Å². The van der Waals surface area contributed by atoms with Crippen LogP contribution in [0.2, 0.25) is 0 Å². The molecule has 22 heavy (non-hydrogen) atoms. The third-order valence-electron chi connectivity index (χ3n) is 2.47. The van der Waals surface area contributed by atoms with E-state index in [0.717, 1.165) is 0 Å². The molecule has 0 atom stereocenters. The highest BCUT2D eigenvalue weighted by Gasteiger charge is 2.17. The molecule has 0 spiro atoms. The van der Waals surface area contributed by atoms with Gasteiger partial charge in [-0.2, -0.15) is 13.4 Å². The van der Waals surface area contributed by atoms with E-state index < -0.39 is 19.8 Å². The molecule has 0 unspecified atom stereocenters. The monoisotopic (exact) mass is 344 g/mol. The van der Waals surface area contributed by atoms with Gasteiger partial charge in [0.2, 0.25) is 0 Å². The minimum atomic E-state index is -4.01. The molecule has 0 aliphatic rings. The topological polar surface area (TPSA) is 106 Å². The van der Waals surface area contributed by atoms with Gasteiger partial charge < -0.3 is 9.42 Å². The summed E-state index contributed by atoms with van der Waals surface area (Å²) in [5.74, 6) is 0.563. The van der Waals surface area contributed by atoms with Crippen LogP contribution in [0.25, 0.3) is 11.5 Å². The van der Waals surface area contributed by atoms with Crippen LogP contribution in [0.4, 0.5) is 5.95 Å². The molecule has 0 bridgehead atoms. The predicted octanol–water partition coefficient (Wildman–Crippen LogP) is 1.22. The molecule has 2 rings (SSSR count). The van der Waals surface area contributed by atoms with Crippen molar-refractivity contribution in [1.82, 2.24) is 10.1 Å². The minimum absolute atomic E-state index is 0.0778. The Morgan fingerprint density at radius 3 is 2.41 bits per heavy atom. The predicted molar refractivity (Wildman–Crippen MR) is 83.7 cm³/mol. The van der Waals surface area contributed by atoms with Gasteiger partial charge in [0, 0.05) is 32.2 Å². The number of nitrogens with zero attached hydrogens (tertiary/aromatic N) is 4. The molecule has 2 aromatic rings. The van der Waals surface area contributed by atoms with Crippen molar-refractivity contribution in [2.45, 2.75) is 4.90 Å². The van der Waals surface area contributed by atoms with Gasteiger partial charge in [-0.1, -0.05) is 6.07 Å². The molecular weight excluding hydrogens is 328 g/mol. The first kappa shape index (κ1) is 16.4. The number of anilines is 1. The summed E-state index contributed by atoms with van der Waals surface area (Å²) in [4.78, 5) is 5.73. The molecule has 10 heteroatoms. The summed E-state index contributed by atoms with van der Waals surface area (Å²) in [7, 11) is -3.28. The molecule has 0 fully saturated rings. The van der Waals surface area contributed by atoms with Gasteiger partial charge in [-0.15, -0.1) is 3.77 Å². The van der Waals surface area contributed by atoms with Crippen LogP contribution in [0, 0.1) is 0 Å². The molecule has 1 heterocycles. The average Bonchev–Trinajstić information content (AvgIpc) is 2.86. The fourth-order valence-electron chi connectivity index (χ4n) is 1.58. The van der Waals surface area contributed by atoms with Gasteiger partial charge in [0.25, 0.3) is 21.9 Å². The molecule has 0 amide bonds. The Hall–Kier alpha value is -1.94. The van der Waals surface area contributed by atoms with Crippen molar-refractivity contribution in [3.63, 3.8) is 0 Å². The van der Waals surface area contributed by atoms with E-state index in [9.17, 15) is 12.6 Å². The lowest BCUT2D eigenvalue weighted by atomic mass is 10.2. The summed E-state index contributed by atoms with van der Waals surface area (Å²) in [5, 5.41) is 3.76. The fraction of sp³-hybridized carbons (Fsp3) is 0.333. The SMILES string of the molecule is CN(C)c1noc(-c2cccc(S(=O)(=O)N=S(C)(C)=O)c2)n1. The lowest BCUT2D eigenvalue weighted by Crippen LogP contribution is -2.10. The van der Waals surface area contributed by atoms with Crippen LogP contribution in [-0.4, -0.2) is 49.4 Å². The minimum Gasteiger partial charge on any atom is -0.344 e. The van der Waals surface area contributed by atoms with Crippen LogP contribution >= 0.6 is 0 Å². The Morgan fingerprint density at radius 2 is 1.86 bits per heavy atom. The van der Waals surface area contributed by atoms with Gasteiger partial charge in [0.05, 0.1) is 14.6 Å². The highest BCUT2D eigenvalue weighted by Crippen LogP contribution is 2.23. The third-order valence-corrected chi connectivity index (χ3v) is 5.54. The third kappa shape index (κ3) is 3.83. The van der Waals surface area contributed by atoms with E-state index in [2.05, 4.69) is 13.9 Å². The largest absolute Gasteiger partial charge is 0.344 e. The Balaban J connectivity index is 2.49. The Bertz CT molecular complexity index is 901. The summed E-state index contributed by atoms with van der Waals surface area (Å²) in [6, 6.07) is 5.90. The van der Waals surface area contributed by atoms with E-state index >= 15 is 0 Å². The number of hydrogen-bond donors (Lipinski definition) is 0. The maximum Gasteiger partial charge on any atom is 0.290 e. The second-order valence-electron chi connectivity index (χ2n) is 5.05. The van der Waals surface area contributed by atoms with Crippen molar-refractivity contribution in [2.24, 2.45) is 3.77 Å². The lowest BCUT2D eigenvalue weighted by molar-refractivity contribution is 0.430. The van der Waals surface area contributed by atoms with Crippen LogP contribution in [0.15, 0.2) is 37.5 Å². The molecule has 0 aliphatic carbocycles. The standard InChI is InChI=1S/C12H16N4O4S2/c1-16(2)12-13-11(20-14-12)9-6-5-7-10(8-9)22(18,19)15-21(3,4)17/h5-8H,1-4H3. The van der Waals surface area contributed by atoms with Crippen molar-refractivity contribution in [3.8, 4) is 11.5 Å². The number of benzene rings is 1. The van der Waals surface area contributed by atoms with Crippen molar-refractivity contribution >= 4 is 25.7 Å². The molecule has 0 saturated heterocycles. The summed E-state index contributed by atoms with van der Waals surface area (Å²) in [5.41, 5.74) is 0.440. The van der Waals surface area contributed by atoms with E-state index in [-0.39, 0.29) is 10.8 Å². The Morgan fingerprint density at radius 1 is 1.18 bits per heavy atom. The van der Waals surface area contributed by atoms with Crippen LogP contribution in [0.5, 0.6) is 0 Å². The second kappa shape index (κ2) is 5.69. The summed E-state index contributed by atoms with van der Waals surface area (Å²) in [6.45, 7) is 0. The molecule has 0 aliphatic heterocycles. The molecular formula is C12H16N4O4S2. The highest BCUT2D eigenvalue weighted by atomic mass is 32.3. The fourth-order valence-corrected chi connectivity index (χ4v) is 4.34. The van der Waals surface area contributed by atoms with E-state index in [4.69, 9.17) is 4.52 Å². The summed E-state index contributed by atoms with van der Waals surface area (Å²) in [6.07, 6.45) is 2.52. The van der Waals surface area contributed by atoms with Crippen LogP contribution in [0.1, 0.15) is 0 Å². The van der Waals surface area contributed by atoms with E-state index in [1.165, 1.54) is 30.7 Å². The smallest absolute Gasteiger partial charge is 0.290 e. The van der Waals surface area contributed by atoms with Gasteiger partial charge in [-0.3, -0.25) is 0 Å². The van der Waals surface area contributed by atoms with Crippen molar-refractivity contribution in [3.05, 3.63) is 24.3 Å². The average molecular weight is 344 g/mol. The first-order valence-corrected chi connectivity index (χ1v) is 9.90. The van der Waals surface area contributed by atoms with Gasteiger partial charge in [-0.05, 0) is 23.4 Å². The summed E-state index contributed by atoms with van der Waals surface area (Å²) >= 11 is 0. The number of sulfonamides is 1. The first-order chi connectivity index (χ1) is 10.1. The zero-order valence-electron chi connectivity index (χ0n) is 12.5. The first-order valence-electron chi connectivity index (χ1n) is 6.13. The van der Waals surface area contributed by atoms with E-state index in [1.54, 1.807) is 25.1 Å². The maximum atomic E-state index is 12.1. The molecule has 1 aromatic heterocycles. The Labute approximate surface area is 129 Å². The van der Waals surface area contributed by atoms with Gasteiger partial charge >= 0.3 is 0 Å². The molecule has 1 aromatic carbocycles. The normalized spacial score (nSPS) is 12.2. The highest BCUT2D eigenvalue weighted by molar-refractivity contribution is 8.02. The van der Waals surface area contributed by atoms with E-state index in [1.807, 2.05) is 0 Å². The molecule has 0 N–H and O–H groups in total. The molecule has 0 saturated carbocycles. The number of rotatable bonds is 4. The van der Waals surface area contributed by atoms with Crippen molar-refractivity contribution in [2.75, 3.05) is 31.5 Å². The second-order valence-corrected chi connectivity index (χ2v) is 9.43. The lowest BCUT2D eigenvalue weighted by Gasteiger charge is -2.03. The van der Waals surface area contributed by atoms with E-state index in [0.29, 0.717) is 11.5 Å².